The number of aromatic nitrogens is 2. The number of aryl methyl sites for hydroxylation is 2. The molecule has 0 unspecified atom stereocenters. The van der Waals surface area contributed by atoms with Gasteiger partial charge >= 0.3 is 0 Å². The van der Waals surface area contributed by atoms with E-state index in [1.54, 1.807) is 0 Å². The van der Waals surface area contributed by atoms with Crippen LogP contribution in [0.15, 0.2) is 47.8 Å². The standard InChI is InChI=1S/C16H15N3OS/c1-11-8-14(21-10-11)16(20)17-15-9-12(2)19(18-15)13-6-4-3-5-7-13/h3-10H,1-2H3,(H,17,18,20). The molecule has 0 fully saturated rings. The van der Waals surface area contributed by atoms with Gasteiger partial charge in [-0.15, -0.1) is 16.4 Å². The second-order valence-electron chi connectivity index (χ2n) is 4.86. The van der Waals surface area contributed by atoms with Crippen LogP contribution in [0.1, 0.15) is 20.9 Å². The van der Waals surface area contributed by atoms with E-state index in [9.17, 15) is 4.79 Å². The van der Waals surface area contributed by atoms with Crippen molar-refractivity contribution >= 4 is 23.1 Å². The summed E-state index contributed by atoms with van der Waals surface area (Å²) in [6.45, 7) is 3.94. The second-order valence-corrected chi connectivity index (χ2v) is 5.77. The van der Waals surface area contributed by atoms with Crippen molar-refractivity contribution in [1.29, 1.82) is 0 Å². The summed E-state index contributed by atoms with van der Waals surface area (Å²) < 4.78 is 1.81. The predicted molar refractivity (Wildman–Crippen MR) is 85.3 cm³/mol. The first-order chi connectivity index (χ1) is 10.1. The fourth-order valence-corrected chi connectivity index (χ4v) is 2.89. The number of nitrogens with one attached hydrogen (secondary N) is 1. The van der Waals surface area contributed by atoms with Gasteiger partial charge in [-0.2, -0.15) is 0 Å². The Morgan fingerprint density at radius 2 is 1.95 bits per heavy atom. The molecule has 1 amide bonds. The first-order valence-corrected chi connectivity index (χ1v) is 7.50. The summed E-state index contributed by atoms with van der Waals surface area (Å²) in [6, 6.07) is 13.6. The highest BCUT2D eigenvalue weighted by Gasteiger charge is 2.12. The Hall–Kier alpha value is -2.40. The lowest BCUT2D eigenvalue weighted by Crippen LogP contribution is -2.11. The monoisotopic (exact) mass is 297 g/mol. The van der Waals surface area contributed by atoms with E-state index >= 15 is 0 Å². The number of carbonyl (C=O) groups excluding carboxylic acids is 1. The maximum absolute atomic E-state index is 12.1. The van der Waals surface area contributed by atoms with E-state index in [4.69, 9.17) is 0 Å². The summed E-state index contributed by atoms with van der Waals surface area (Å²) >= 11 is 1.44. The molecule has 1 aromatic carbocycles. The second kappa shape index (κ2) is 5.54. The molecular weight excluding hydrogens is 282 g/mol. The van der Waals surface area contributed by atoms with E-state index in [-0.39, 0.29) is 5.91 Å². The molecule has 0 saturated heterocycles. The molecule has 106 valence electrons. The van der Waals surface area contributed by atoms with Gasteiger partial charge in [0.15, 0.2) is 5.82 Å². The van der Waals surface area contributed by atoms with Crippen LogP contribution in [0.2, 0.25) is 0 Å². The van der Waals surface area contributed by atoms with Gasteiger partial charge in [0, 0.05) is 11.8 Å². The summed E-state index contributed by atoms with van der Waals surface area (Å²) in [5.41, 5.74) is 3.04. The molecule has 0 aliphatic carbocycles. The Morgan fingerprint density at radius 1 is 1.19 bits per heavy atom. The van der Waals surface area contributed by atoms with Crippen LogP contribution in [-0.4, -0.2) is 15.7 Å². The average Bonchev–Trinajstić information content (AvgIpc) is 3.06. The number of hydrogen-bond acceptors (Lipinski definition) is 3. The third kappa shape index (κ3) is 2.87. The number of para-hydroxylation sites is 1. The number of hydrogen-bond donors (Lipinski definition) is 1. The van der Waals surface area contributed by atoms with E-state index in [0.29, 0.717) is 10.7 Å². The van der Waals surface area contributed by atoms with Crippen LogP contribution in [-0.2, 0) is 0 Å². The highest BCUT2D eigenvalue weighted by molar-refractivity contribution is 7.12. The van der Waals surface area contributed by atoms with Gasteiger partial charge in [-0.3, -0.25) is 4.79 Å². The molecular formula is C16H15N3OS. The van der Waals surface area contributed by atoms with Crippen LogP contribution in [0.3, 0.4) is 0 Å². The van der Waals surface area contributed by atoms with Gasteiger partial charge in [0.25, 0.3) is 5.91 Å². The van der Waals surface area contributed by atoms with E-state index in [1.807, 2.05) is 66.4 Å². The summed E-state index contributed by atoms with van der Waals surface area (Å²) in [5.74, 6) is 0.443. The zero-order valence-corrected chi connectivity index (χ0v) is 12.6. The van der Waals surface area contributed by atoms with Crippen molar-refractivity contribution in [3.05, 3.63) is 64.0 Å². The number of anilines is 1. The van der Waals surface area contributed by atoms with Crippen LogP contribution < -0.4 is 5.32 Å². The fraction of sp³-hybridized carbons (Fsp3) is 0.125. The van der Waals surface area contributed by atoms with Gasteiger partial charge in [0.1, 0.15) is 0 Å². The summed E-state index contributed by atoms with van der Waals surface area (Å²) in [4.78, 5) is 12.8. The zero-order valence-electron chi connectivity index (χ0n) is 11.8. The molecule has 4 nitrogen and oxygen atoms in total. The number of amides is 1. The normalized spacial score (nSPS) is 10.6. The zero-order chi connectivity index (χ0) is 14.8. The average molecular weight is 297 g/mol. The molecule has 0 radical (unpaired) electrons. The largest absolute Gasteiger partial charge is 0.304 e. The molecule has 2 aromatic heterocycles. The lowest BCUT2D eigenvalue weighted by molar-refractivity contribution is 0.103. The van der Waals surface area contributed by atoms with Crippen molar-refractivity contribution in [2.75, 3.05) is 5.32 Å². The molecule has 0 atom stereocenters. The van der Waals surface area contributed by atoms with Gasteiger partial charge in [0.05, 0.1) is 10.6 Å². The molecule has 5 heteroatoms. The van der Waals surface area contributed by atoms with Gasteiger partial charge in [0.2, 0.25) is 0 Å². The molecule has 0 bridgehead atoms. The molecule has 0 saturated carbocycles. The minimum Gasteiger partial charge on any atom is -0.304 e. The van der Waals surface area contributed by atoms with Gasteiger partial charge in [-0.05, 0) is 43.0 Å². The quantitative estimate of drug-likeness (QED) is 0.799. The Balaban J connectivity index is 1.83. The predicted octanol–water partition coefficient (Wildman–Crippen LogP) is 3.80. The van der Waals surface area contributed by atoms with Gasteiger partial charge < -0.3 is 5.32 Å². The van der Waals surface area contributed by atoms with Crippen LogP contribution >= 0.6 is 11.3 Å². The van der Waals surface area contributed by atoms with Crippen molar-refractivity contribution in [3.8, 4) is 5.69 Å². The summed E-state index contributed by atoms with van der Waals surface area (Å²) in [5, 5.41) is 9.24. The molecule has 0 aliphatic heterocycles. The maximum Gasteiger partial charge on any atom is 0.266 e. The number of nitrogens with zero attached hydrogens (tertiary/aromatic N) is 2. The summed E-state index contributed by atoms with van der Waals surface area (Å²) in [6.07, 6.45) is 0. The highest BCUT2D eigenvalue weighted by Crippen LogP contribution is 2.18. The number of rotatable bonds is 3. The van der Waals surface area contributed by atoms with Crippen LogP contribution in [0.25, 0.3) is 5.69 Å². The van der Waals surface area contributed by atoms with Crippen molar-refractivity contribution in [2.45, 2.75) is 13.8 Å². The smallest absolute Gasteiger partial charge is 0.266 e. The highest BCUT2D eigenvalue weighted by atomic mass is 32.1. The van der Waals surface area contributed by atoms with Crippen LogP contribution in [0, 0.1) is 13.8 Å². The fourth-order valence-electron chi connectivity index (χ4n) is 2.09. The molecule has 0 aliphatic rings. The van der Waals surface area contributed by atoms with E-state index in [1.165, 1.54) is 11.3 Å². The van der Waals surface area contributed by atoms with Crippen LogP contribution in [0.5, 0.6) is 0 Å². The third-order valence-corrected chi connectivity index (χ3v) is 4.13. The molecule has 21 heavy (non-hydrogen) atoms. The molecule has 2 heterocycles. The van der Waals surface area contributed by atoms with Crippen molar-refractivity contribution < 1.29 is 4.79 Å². The Bertz CT molecular complexity index is 774. The molecule has 1 N–H and O–H groups in total. The molecule has 3 aromatic rings. The third-order valence-electron chi connectivity index (χ3n) is 3.08. The van der Waals surface area contributed by atoms with Gasteiger partial charge in [-0.1, -0.05) is 18.2 Å². The first-order valence-electron chi connectivity index (χ1n) is 6.62. The van der Waals surface area contributed by atoms with Crippen LogP contribution in [0.4, 0.5) is 5.82 Å². The Morgan fingerprint density at radius 3 is 2.62 bits per heavy atom. The molecule has 0 spiro atoms. The first kappa shape index (κ1) is 13.6. The maximum atomic E-state index is 12.1. The van der Waals surface area contributed by atoms with Gasteiger partial charge in [-0.25, -0.2) is 4.68 Å². The van der Waals surface area contributed by atoms with E-state index < -0.39 is 0 Å². The lowest BCUT2D eigenvalue weighted by atomic mass is 10.3. The van der Waals surface area contributed by atoms with Crippen molar-refractivity contribution in [3.63, 3.8) is 0 Å². The van der Waals surface area contributed by atoms with E-state index in [0.717, 1.165) is 16.9 Å². The number of benzene rings is 1. The van der Waals surface area contributed by atoms with E-state index in [2.05, 4.69) is 10.4 Å². The SMILES string of the molecule is Cc1csc(C(=O)Nc2cc(C)n(-c3ccccc3)n2)c1. The number of thiophene rings is 1. The minimum atomic E-state index is -0.120. The Labute approximate surface area is 127 Å². The Kier molecular flexibility index (Phi) is 3.58. The topological polar surface area (TPSA) is 46.9 Å². The molecule has 3 rings (SSSR count). The number of carbonyl (C=O) groups is 1. The van der Waals surface area contributed by atoms with Crippen molar-refractivity contribution in [2.24, 2.45) is 0 Å². The van der Waals surface area contributed by atoms with Crippen molar-refractivity contribution in [1.82, 2.24) is 9.78 Å². The minimum absolute atomic E-state index is 0.120. The summed E-state index contributed by atoms with van der Waals surface area (Å²) in [7, 11) is 0. The lowest BCUT2D eigenvalue weighted by Gasteiger charge is -2.03.